The Balaban J connectivity index is 1.65. The Morgan fingerprint density at radius 1 is 1.17 bits per heavy atom. The van der Waals surface area contributed by atoms with Gasteiger partial charge in [0.2, 0.25) is 0 Å². The lowest BCUT2D eigenvalue weighted by Crippen LogP contribution is -2.22. The van der Waals surface area contributed by atoms with Gasteiger partial charge < -0.3 is 14.6 Å². The van der Waals surface area contributed by atoms with E-state index in [0.29, 0.717) is 17.9 Å². The molecule has 2 heterocycles. The second-order valence-corrected chi connectivity index (χ2v) is 5.65. The molecule has 1 aromatic carbocycles. The summed E-state index contributed by atoms with van der Waals surface area (Å²) in [6.45, 7) is 0.435. The standard InChI is InChI=1S/C19H19N3O2/c1-22(2)16-7-5-15(6-8-16)19(23)21-13-14-9-10-20-17(12-14)18-4-3-11-24-18/h3-12H,13H2,1-2H3,(H,21,23). The highest BCUT2D eigenvalue weighted by Gasteiger charge is 2.07. The molecule has 122 valence electrons. The molecule has 3 rings (SSSR count). The molecule has 0 radical (unpaired) electrons. The van der Waals surface area contributed by atoms with E-state index in [2.05, 4.69) is 10.3 Å². The number of hydrogen-bond donors (Lipinski definition) is 1. The maximum absolute atomic E-state index is 12.3. The summed E-state index contributed by atoms with van der Waals surface area (Å²) in [4.78, 5) is 18.5. The molecule has 5 heteroatoms. The van der Waals surface area contributed by atoms with E-state index in [9.17, 15) is 4.79 Å². The van der Waals surface area contributed by atoms with E-state index in [1.165, 1.54) is 0 Å². The minimum Gasteiger partial charge on any atom is -0.463 e. The van der Waals surface area contributed by atoms with Gasteiger partial charge in [-0.1, -0.05) is 0 Å². The second kappa shape index (κ2) is 7.00. The highest BCUT2D eigenvalue weighted by molar-refractivity contribution is 5.94. The van der Waals surface area contributed by atoms with Crippen LogP contribution in [0.15, 0.2) is 65.4 Å². The summed E-state index contributed by atoms with van der Waals surface area (Å²) in [6.07, 6.45) is 3.33. The van der Waals surface area contributed by atoms with E-state index >= 15 is 0 Å². The quantitative estimate of drug-likeness (QED) is 0.783. The van der Waals surface area contributed by atoms with E-state index in [1.54, 1.807) is 12.5 Å². The maximum atomic E-state index is 12.3. The zero-order valence-corrected chi connectivity index (χ0v) is 13.7. The molecule has 0 aliphatic rings. The molecule has 3 aromatic rings. The minimum atomic E-state index is -0.100. The first-order valence-electron chi connectivity index (χ1n) is 7.68. The van der Waals surface area contributed by atoms with Gasteiger partial charge in [-0.25, -0.2) is 0 Å². The summed E-state index contributed by atoms with van der Waals surface area (Å²) in [5.41, 5.74) is 3.42. The van der Waals surface area contributed by atoms with Crippen LogP contribution >= 0.6 is 0 Å². The largest absolute Gasteiger partial charge is 0.463 e. The van der Waals surface area contributed by atoms with Crippen molar-refractivity contribution < 1.29 is 9.21 Å². The van der Waals surface area contributed by atoms with Gasteiger partial charge in [-0.15, -0.1) is 0 Å². The lowest BCUT2D eigenvalue weighted by atomic mass is 10.1. The topological polar surface area (TPSA) is 58.4 Å². The monoisotopic (exact) mass is 321 g/mol. The Morgan fingerprint density at radius 2 is 1.96 bits per heavy atom. The van der Waals surface area contributed by atoms with E-state index in [0.717, 1.165) is 16.9 Å². The number of benzene rings is 1. The third kappa shape index (κ3) is 3.63. The number of nitrogens with one attached hydrogen (secondary N) is 1. The van der Waals surface area contributed by atoms with Crippen molar-refractivity contribution in [2.45, 2.75) is 6.54 Å². The molecule has 0 unspecified atom stereocenters. The second-order valence-electron chi connectivity index (χ2n) is 5.65. The molecule has 24 heavy (non-hydrogen) atoms. The molecule has 1 N–H and O–H groups in total. The SMILES string of the molecule is CN(C)c1ccc(C(=O)NCc2ccnc(-c3ccco3)c2)cc1. The van der Waals surface area contributed by atoms with Crippen LogP contribution in [0.5, 0.6) is 0 Å². The third-order valence-electron chi connectivity index (χ3n) is 3.70. The van der Waals surface area contributed by atoms with Crippen LogP contribution in [0.1, 0.15) is 15.9 Å². The molecule has 2 aromatic heterocycles. The number of carbonyl (C=O) groups is 1. The average Bonchev–Trinajstić information content (AvgIpc) is 3.15. The van der Waals surface area contributed by atoms with Crippen LogP contribution in [-0.4, -0.2) is 25.0 Å². The van der Waals surface area contributed by atoms with Crippen LogP contribution in [0.4, 0.5) is 5.69 Å². The van der Waals surface area contributed by atoms with Crippen molar-refractivity contribution in [2.75, 3.05) is 19.0 Å². The molecule has 0 bridgehead atoms. The van der Waals surface area contributed by atoms with Gasteiger partial charge >= 0.3 is 0 Å². The molecule has 0 fully saturated rings. The van der Waals surface area contributed by atoms with Crippen LogP contribution in [0.3, 0.4) is 0 Å². The minimum absolute atomic E-state index is 0.100. The number of rotatable bonds is 5. The average molecular weight is 321 g/mol. The first-order chi connectivity index (χ1) is 11.6. The third-order valence-corrected chi connectivity index (χ3v) is 3.70. The van der Waals surface area contributed by atoms with E-state index in [4.69, 9.17) is 4.42 Å². The fourth-order valence-corrected chi connectivity index (χ4v) is 2.34. The number of carbonyl (C=O) groups excluding carboxylic acids is 1. The summed E-state index contributed by atoms with van der Waals surface area (Å²) < 4.78 is 5.35. The Labute approximate surface area is 140 Å². The molecule has 0 atom stereocenters. The summed E-state index contributed by atoms with van der Waals surface area (Å²) in [5, 5.41) is 2.93. The van der Waals surface area contributed by atoms with Crippen LogP contribution in [-0.2, 0) is 6.54 Å². The Kier molecular flexibility index (Phi) is 4.61. The van der Waals surface area contributed by atoms with Gasteiger partial charge in [-0.3, -0.25) is 9.78 Å². The molecule has 1 amide bonds. The van der Waals surface area contributed by atoms with Crippen molar-refractivity contribution >= 4 is 11.6 Å². The molecule has 0 aliphatic carbocycles. The van der Waals surface area contributed by atoms with Crippen molar-refractivity contribution in [1.82, 2.24) is 10.3 Å². The number of amides is 1. The smallest absolute Gasteiger partial charge is 0.251 e. The lowest BCUT2D eigenvalue weighted by Gasteiger charge is -2.12. The Bertz CT molecular complexity index is 809. The van der Waals surface area contributed by atoms with Gasteiger partial charge in [0.05, 0.1) is 6.26 Å². The molecule has 0 spiro atoms. The van der Waals surface area contributed by atoms with Gasteiger partial charge in [0.1, 0.15) is 5.69 Å². The van der Waals surface area contributed by atoms with Crippen LogP contribution in [0.25, 0.3) is 11.5 Å². The Hall–Kier alpha value is -3.08. The fourth-order valence-electron chi connectivity index (χ4n) is 2.34. The molecule has 0 saturated heterocycles. The van der Waals surface area contributed by atoms with Gasteiger partial charge in [0.15, 0.2) is 5.76 Å². The molecule has 5 nitrogen and oxygen atoms in total. The molecular formula is C19H19N3O2. The predicted octanol–water partition coefficient (Wildman–Crippen LogP) is 3.34. The first-order valence-corrected chi connectivity index (χ1v) is 7.68. The van der Waals surface area contributed by atoms with Crippen molar-refractivity contribution in [2.24, 2.45) is 0 Å². The Morgan fingerprint density at radius 3 is 2.62 bits per heavy atom. The predicted molar refractivity (Wildman–Crippen MR) is 93.9 cm³/mol. The van der Waals surface area contributed by atoms with Gasteiger partial charge in [0, 0.05) is 38.1 Å². The number of pyridine rings is 1. The first kappa shape index (κ1) is 15.8. The fraction of sp³-hybridized carbons (Fsp3) is 0.158. The van der Waals surface area contributed by atoms with Crippen molar-refractivity contribution in [1.29, 1.82) is 0 Å². The zero-order chi connectivity index (χ0) is 16.9. The molecule has 0 aliphatic heterocycles. The molecule has 0 saturated carbocycles. The number of aromatic nitrogens is 1. The van der Waals surface area contributed by atoms with Gasteiger partial charge in [-0.05, 0) is 54.1 Å². The summed E-state index contributed by atoms with van der Waals surface area (Å²) in [7, 11) is 3.93. The highest BCUT2D eigenvalue weighted by Crippen LogP contribution is 2.18. The van der Waals surface area contributed by atoms with Crippen LogP contribution < -0.4 is 10.2 Å². The van der Waals surface area contributed by atoms with Crippen molar-refractivity contribution in [3.05, 3.63) is 72.1 Å². The summed E-state index contributed by atoms with van der Waals surface area (Å²) >= 11 is 0. The van der Waals surface area contributed by atoms with Crippen molar-refractivity contribution in [3.8, 4) is 11.5 Å². The van der Waals surface area contributed by atoms with E-state index < -0.39 is 0 Å². The van der Waals surface area contributed by atoms with Gasteiger partial charge in [0.25, 0.3) is 5.91 Å². The number of anilines is 1. The number of nitrogens with zero attached hydrogens (tertiary/aromatic N) is 2. The van der Waals surface area contributed by atoms with Crippen LogP contribution in [0.2, 0.25) is 0 Å². The van der Waals surface area contributed by atoms with Crippen LogP contribution in [0, 0.1) is 0 Å². The van der Waals surface area contributed by atoms with E-state index in [1.807, 2.05) is 67.5 Å². The number of furan rings is 1. The summed E-state index contributed by atoms with van der Waals surface area (Å²) in [5.74, 6) is 0.610. The zero-order valence-electron chi connectivity index (χ0n) is 13.7. The summed E-state index contributed by atoms with van der Waals surface area (Å²) in [6, 6.07) is 15.0. The lowest BCUT2D eigenvalue weighted by molar-refractivity contribution is 0.0951. The van der Waals surface area contributed by atoms with Gasteiger partial charge in [-0.2, -0.15) is 0 Å². The van der Waals surface area contributed by atoms with Crippen molar-refractivity contribution in [3.63, 3.8) is 0 Å². The maximum Gasteiger partial charge on any atom is 0.251 e. The normalized spacial score (nSPS) is 10.4. The number of hydrogen-bond acceptors (Lipinski definition) is 4. The highest BCUT2D eigenvalue weighted by atomic mass is 16.3. The van der Waals surface area contributed by atoms with E-state index in [-0.39, 0.29) is 5.91 Å². The molecular weight excluding hydrogens is 302 g/mol.